The van der Waals surface area contributed by atoms with E-state index in [1.807, 2.05) is 12.1 Å². The summed E-state index contributed by atoms with van der Waals surface area (Å²) in [6.07, 6.45) is 0.958. The number of rotatable bonds is 2. The van der Waals surface area contributed by atoms with E-state index in [4.69, 9.17) is 16.3 Å². The molecule has 0 amide bonds. The quantitative estimate of drug-likeness (QED) is 0.823. The molecule has 17 heavy (non-hydrogen) atoms. The lowest BCUT2D eigenvalue weighted by Gasteiger charge is -2.35. The Labute approximate surface area is 105 Å². The van der Waals surface area contributed by atoms with Crippen molar-refractivity contribution in [3.8, 4) is 0 Å². The maximum atomic E-state index is 11.7. The number of benzene rings is 1. The molecule has 1 aromatic carbocycles. The van der Waals surface area contributed by atoms with Crippen molar-refractivity contribution in [3.63, 3.8) is 0 Å². The van der Waals surface area contributed by atoms with Crippen LogP contribution in [0.3, 0.4) is 0 Å². The van der Waals surface area contributed by atoms with E-state index in [-0.39, 0.29) is 5.97 Å². The van der Waals surface area contributed by atoms with Gasteiger partial charge in [-0.1, -0.05) is 23.7 Å². The summed E-state index contributed by atoms with van der Waals surface area (Å²) < 4.78 is 5.00. The topological polar surface area (TPSA) is 46.5 Å². The molecule has 0 saturated carbocycles. The highest BCUT2D eigenvalue weighted by atomic mass is 35.5. The van der Waals surface area contributed by atoms with Gasteiger partial charge in [-0.05, 0) is 31.0 Å². The van der Waals surface area contributed by atoms with Gasteiger partial charge in [0.1, 0.15) is 0 Å². The molecule has 1 aliphatic rings. The molecule has 2 rings (SSSR count). The van der Waals surface area contributed by atoms with E-state index in [2.05, 4.69) is 0 Å². The van der Waals surface area contributed by atoms with Gasteiger partial charge in [0, 0.05) is 11.4 Å². The third-order valence-electron chi connectivity index (χ3n) is 3.24. The second kappa shape index (κ2) is 4.67. The monoisotopic (exact) mass is 254 g/mol. The zero-order valence-electron chi connectivity index (χ0n) is 9.65. The number of carbonyl (C=O) groups is 1. The van der Waals surface area contributed by atoms with Crippen molar-refractivity contribution >= 4 is 17.6 Å². The second-order valence-electron chi connectivity index (χ2n) is 4.66. The molecule has 1 N–H and O–H groups in total. The lowest BCUT2D eigenvalue weighted by atomic mass is 9.81. The molecule has 4 heteroatoms. The van der Waals surface area contributed by atoms with Crippen LogP contribution in [0.1, 0.15) is 18.9 Å². The summed E-state index contributed by atoms with van der Waals surface area (Å²) >= 11 is 5.80. The zero-order chi connectivity index (χ0) is 12.5. The third kappa shape index (κ3) is 2.79. The smallest absolute Gasteiger partial charge is 0.312 e. The van der Waals surface area contributed by atoms with Crippen molar-refractivity contribution < 1.29 is 14.6 Å². The zero-order valence-corrected chi connectivity index (χ0v) is 10.4. The molecule has 92 valence electrons. The van der Waals surface area contributed by atoms with Gasteiger partial charge in [-0.3, -0.25) is 4.79 Å². The highest BCUT2D eigenvalue weighted by Gasteiger charge is 2.41. The van der Waals surface area contributed by atoms with Crippen molar-refractivity contribution in [1.82, 2.24) is 0 Å². The number of ether oxygens (including phenoxy) is 1. The van der Waals surface area contributed by atoms with Gasteiger partial charge in [0.05, 0.1) is 18.1 Å². The standard InChI is InChI=1S/C13H15ClO3/c1-13(16)6-7-17-12(15)11(13)8-9-2-4-10(14)5-3-9/h2-5,11,16H,6-8H2,1H3/t11-,13+/m1/s1. The maximum Gasteiger partial charge on any atom is 0.312 e. The number of carbonyl (C=O) groups excluding carboxylic acids is 1. The molecule has 0 aromatic heterocycles. The fraction of sp³-hybridized carbons (Fsp3) is 0.462. The molecule has 2 atom stereocenters. The van der Waals surface area contributed by atoms with Crippen molar-refractivity contribution in [2.45, 2.75) is 25.4 Å². The molecule has 0 bridgehead atoms. The Morgan fingerprint density at radius 2 is 2.12 bits per heavy atom. The average Bonchev–Trinajstić information content (AvgIpc) is 2.26. The first-order chi connectivity index (χ1) is 7.99. The first-order valence-electron chi connectivity index (χ1n) is 5.62. The second-order valence-corrected chi connectivity index (χ2v) is 5.09. The summed E-state index contributed by atoms with van der Waals surface area (Å²) in [4.78, 5) is 11.7. The number of hydrogen-bond acceptors (Lipinski definition) is 3. The van der Waals surface area contributed by atoms with Crippen LogP contribution in [0.5, 0.6) is 0 Å². The molecule has 0 aliphatic carbocycles. The first-order valence-corrected chi connectivity index (χ1v) is 6.00. The lowest BCUT2D eigenvalue weighted by Crippen LogP contribution is -2.46. The highest BCUT2D eigenvalue weighted by Crippen LogP contribution is 2.30. The first kappa shape index (κ1) is 12.4. The minimum atomic E-state index is -0.991. The Kier molecular flexibility index (Phi) is 3.40. The normalized spacial score (nSPS) is 28.9. The van der Waals surface area contributed by atoms with E-state index >= 15 is 0 Å². The summed E-state index contributed by atoms with van der Waals surface area (Å²) in [5.74, 6) is -0.825. The third-order valence-corrected chi connectivity index (χ3v) is 3.49. The summed E-state index contributed by atoms with van der Waals surface area (Å²) in [7, 11) is 0. The van der Waals surface area contributed by atoms with Crippen LogP contribution in [-0.4, -0.2) is 23.3 Å². The van der Waals surface area contributed by atoms with E-state index in [1.165, 1.54) is 0 Å². The summed E-state index contributed by atoms with van der Waals surface area (Å²) in [6.45, 7) is 1.98. The molecule has 1 aromatic rings. The Morgan fingerprint density at radius 1 is 1.47 bits per heavy atom. The van der Waals surface area contributed by atoms with Gasteiger partial charge in [-0.15, -0.1) is 0 Å². The van der Waals surface area contributed by atoms with Crippen LogP contribution in [-0.2, 0) is 16.0 Å². The number of aliphatic hydroxyl groups is 1. The molecule has 1 heterocycles. The predicted octanol–water partition coefficient (Wildman–Crippen LogP) is 2.20. The molecular weight excluding hydrogens is 240 g/mol. The summed E-state index contributed by atoms with van der Waals surface area (Å²) in [6, 6.07) is 7.28. The Hall–Kier alpha value is -1.06. The summed E-state index contributed by atoms with van der Waals surface area (Å²) in [5.41, 5.74) is -0.0202. The van der Waals surface area contributed by atoms with E-state index in [1.54, 1.807) is 19.1 Å². The predicted molar refractivity (Wildman–Crippen MR) is 64.8 cm³/mol. The minimum absolute atomic E-state index is 0.295. The van der Waals surface area contributed by atoms with Crippen molar-refractivity contribution in [3.05, 3.63) is 34.9 Å². The van der Waals surface area contributed by atoms with Crippen molar-refractivity contribution in [2.75, 3.05) is 6.61 Å². The molecule has 1 saturated heterocycles. The average molecular weight is 255 g/mol. The lowest BCUT2D eigenvalue weighted by molar-refractivity contribution is -0.170. The van der Waals surface area contributed by atoms with Crippen LogP contribution in [0.2, 0.25) is 5.02 Å². The fourth-order valence-electron chi connectivity index (χ4n) is 2.05. The van der Waals surface area contributed by atoms with Gasteiger partial charge < -0.3 is 9.84 Å². The van der Waals surface area contributed by atoms with Gasteiger partial charge in [-0.2, -0.15) is 0 Å². The number of hydrogen-bond donors (Lipinski definition) is 1. The molecule has 0 spiro atoms. The number of halogens is 1. The molecule has 3 nitrogen and oxygen atoms in total. The van der Waals surface area contributed by atoms with E-state index < -0.39 is 11.5 Å². The molecule has 0 radical (unpaired) electrons. The van der Waals surface area contributed by atoms with Crippen LogP contribution in [0.25, 0.3) is 0 Å². The van der Waals surface area contributed by atoms with Crippen LogP contribution in [0.15, 0.2) is 24.3 Å². The van der Waals surface area contributed by atoms with E-state index in [0.717, 1.165) is 5.56 Å². The van der Waals surface area contributed by atoms with Crippen LogP contribution in [0, 0.1) is 5.92 Å². The minimum Gasteiger partial charge on any atom is -0.465 e. The van der Waals surface area contributed by atoms with E-state index in [0.29, 0.717) is 24.5 Å². The maximum absolute atomic E-state index is 11.7. The van der Waals surface area contributed by atoms with Gasteiger partial charge >= 0.3 is 5.97 Å². The Bertz CT molecular complexity index is 411. The van der Waals surface area contributed by atoms with Crippen LogP contribution < -0.4 is 0 Å². The van der Waals surface area contributed by atoms with Crippen LogP contribution >= 0.6 is 11.6 Å². The molecular formula is C13H15ClO3. The van der Waals surface area contributed by atoms with Gasteiger partial charge in [0.2, 0.25) is 0 Å². The SMILES string of the molecule is C[C@]1(O)CCOC(=O)[C@H]1Cc1ccc(Cl)cc1. The highest BCUT2D eigenvalue weighted by molar-refractivity contribution is 6.30. The Balaban J connectivity index is 2.15. The van der Waals surface area contributed by atoms with Crippen molar-refractivity contribution in [1.29, 1.82) is 0 Å². The number of esters is 1. The van der Waals surface area contributed by atoms with Gasteiger partial charge in [0.25, 0.3) is 0 Å². The largest absolute Gasteiger partial charge is 0.465 e. The molecule has 1 fully saturated rings. The molecule has 1 aliphatic heterocycles. The fourth-order valence-corrected chi connectivity index (χ4v) is 2.17. The van der Waals surface area contributed by atoms with E-state index in [9.17, 15) is 9.90 Å². The van der Waals surface area contributed by atoms with Gasteiger partial charge in [0.15, 0.2) is 0 Å². The van der Waals surface area contributed by atoms with Crippen molar-refractivity contribution in [2.24, 2.45) is 5.92 Å². The summed E-state index contributed by atoms with van der Waals surface area (Å²) in [5, 5.41) is 10.9. The van der Waals surface area contributed by atoms with Gasteiger partial charge in [-0.25, -0.2) is 0 Å². The van der Waals surface area contributed by atoms with Crippen LogP contribution in [0.4, 0.5) is 0 Å². The number of cyclic esters (lactones) is 1. The Morgan fingerprint density at radius 3 is 2.71 bits per heavy atom. The molecule has 0 unspecified atom stereocenters.